The van der Waals surface area contributed by atoms with E-state index in [4.69, 9.17) is 0 Å². The fourth-order valence-corrected chi connectivity index (χ4v) is 3.14. The Balaban J connectivity index is 1.63. The zero-order valence-corrected chi connectivity index (χ0v) is 16.5. The Morgan fingerprint density at radius 3 is 2.54 bits per heavy atom. The minimum absolute atomic E-state index is 0.0695. The SMILES string of the molecule is CC(C)(C)c1ccc(C=C(C#N)C(=O)NCCc2c[nH]c3ccccc23)cc1. The number of H-pyrrole nitrogens is 1. The molecule has 0 fully saturated rings. The molecule has 1 heterocycles. The fraction of sp³-hybridized carbons (Fsp3) is 0.250. The van der Waals surface area contributed by atoms with Crippen molar-refractivity contribution in [2.24, 2.45) is 0 Å². The molecule has 142 valence electrons. The molecular formula is C24H25N3O. The number of hydrogen-bond acceptors (Lipinski definition) is 2. The molecule has 0 aliphatic heterocycles. The van der Waals surface area contributed by atoms with Crippen molar-refractivity contribution in [3.63, 3.8) is 0 Å². The van der Waals surface area contributed by atoms with Crippen molar-refractivity contribution in [2.75, 3.05) is 6.54 Å². The van der Waals surface area contributed by atoms with Crippen molar-refractivity contribution in [3.8, 4) is 6.07 Å². The summed E-state index contributed by atoms with van der Waals surface area (Å²) in [5, 5.41) is 13.4. The second-order valence-electron chi connectivity index (χ2n) is 7.91. The van der Waals surface area contributed by atoms with E-state index in [9.17, 15) is 10.1 Å². The second-order valence-corrected chi connectivity index (χ2v) is 7.91. The zero-order valence-electron chi connectivity index (χ0n) is 16.5. The van der Waals surface area contributed by atoms with E-state index in [2.05, 4.69) is 37.1 Å². The van der Waals surface area contributed by atoms with E-state index in [-0.39, 0.29) is 16.9 Å². The quantitative estimate of drug-likeness (QED) is 0.503. The Bertz CT molecular complexity index is 1040. The first kappa shape index (κ1) is 19.4. The average Bonchev–Trinajstić information content (AvgIpc) is 3.09. The summed E-state index contributed by atoms with van der Waals surface area (Å²) in [6.07, 6.45) is 4.30. The van der Waals surface area contributed by atoms with Gasteiger partial charge in [-0.1, -0.05) is 63.2 Å². The molecule has 2 aromatic carbocycles. The number of rotatable bonds is 5. The van der Waals surface area contributed by atoms with Crippen molar-refractivity contribution < 1.29 is 4.79 Å². The van der Waals surface area contributed by atoms with Gasteiger partial charge in [0.25, 0.3) is 5.91 Å². The molecule has 3 rings (SSSR count). The van der Waals surface area contributed by atoms with Crippen LogP contribution in [0.1, 0.15) is 37.5 Å². The number of fused-ring (bicyclic) bond motifs is 1. The molecule has 3 aromatic rings. The molecule has 0 saturated heterocycles. The van der Waals surface area contributed by atoms with Crippen LogP contribution < -0.4 is 5.32 Å². The number of nitriles is 1. The molecule has 0 aliphatic carbocycles. The first-order chi connectivity index (χ1) is 13.4. The van der Waals surface area contributed by atoms with Gasteiger partial charge < -0.3 is 10.3 Å². The van der Waals surface area contributed by atoms with Gasteiger partial charge in [-0.15, -0.1) is 0 Å². The van der Waals surface area contributed by atoms with E-state index in [0.29, 0.717) is 13.0 Å². The van der Waals surface area contributed by atoms with Gasteiger partial charge in [0.05, 0.1) is 0 Å². The van der Waals surface area contributed by atoms with Crippen molar-refractivity contribution in [1.29, 1.82) is 5.26 Å². The van der Waals surface area contributed by atoms with E-state index in [1.54, 1.807) is 6.08 Å². The lowest BCUT2D eigenvalue weighted by molar-refractivity contribution is -0.117. The Labute approximate surface area is 165 Å². The summed E-state index contributed by atoms with van der Waals surface area (Å²) in [4.78, 5) is 15.6. The number of benzene rings is 2. The molecule has 28 heavy (non-hydrogen) atoms. The number of carbonyl (C=O) groups is 1. The topological polar surface area (TPSA) is 68.7 Å². The predicted molar refractivity (Wildman–Crippen MR) is 114 cm³/mol. The van der Waals surface area contributed by atoms with Crippen LogP contribution in [0.25, 0.3) is 17.0 Å². The molecule has 4 nitrogen and oxygen atoms in total. The maximum absolute atomic E-state index is 12.4. The lowest BCUT2D eigenvalue weighted by Gasteiger charge is -2.18. The van der Waals surface area contributed by atoms with Gasteiger partial charge in [-0.3, -0.25) is 4.79 Å². The third kappa shape index (κ3) is 4.50. The Morgan fingerprint density at radius 1 is 1.14 bits per heavy atom. The van der Waals surface area contributed by atoms with Crippen LogP contribution in [0, 0.1) is 11.3 Å². The Kier molecular flexibility index (Phi) is 5.65. The summed E-state index contributed by atoms with van der Waals surface area (Å²) < 4.78 is 0. The van der Waals surface area contributed by atoms with Gasteiger partial charge in [0.1, 0.15) is 11.6 Å². The molecule has 2 N–H and O–H groups in total. The van der Waals surface area contributed by atoms with Crippen LogP contribution in [0.3, 0.4) is 0 Å². The summed E-state index contributed by atoms with van der Waals surface area (Å²) in [6, 6.07) is 18.0. The number of nitrogens with one attached hydrogen (secondary N) is 2. The van der Waals surface area contributed by atoms with Gasteiger partial charge in [-0.2, -0.15) is 5.26 Å². The van der Waals surface area contributed by atoms with E-state index < -0.39 is 0 Å². The molecule has 0 bridgehead atoms. The normalized spacial score (nSPS) is 12.0. The third-order valence-corrected chi connectivity index (χ3v) is 4.81. The molecule has 1 aromatic heterocycles. The highest BCUT2D eigenvalue weighted by Gasteiger charge is 2.13. The second kappa shape index (κ2) is 8.14. The maximum atomic E-state index is 12.4. The summed E-state index contributed by atoms with van der Waals surface area (Å²) in [5.41, 5.74) is 4.47. The number of amides is 1. The van der Waals surface area contributed by atoms with Crippen molar-refractivity contribution >= 4 is 22.9 Å². The molecule has 1 amide bonds. The number of nitrogens with zero attached hydrogens (tertiary/aromatic N) is 1. The van der Waals surface area contributed by atoms with Crippen molar-refractivity contribution in [2.45, 2.75) is 32.6 Å². The maximum Gasteiger partial charge on any atom is 0.261 e. The summed E-state index contributed by atoms with van der Waals surface area (Å²) >= 11 is 0. The summed E-state index contributed by atoms with van der Waals surface area (Å²) in [7, 11) is 0. The van der Waals surface area contributed by atoms with Crippen LogP contribution in [-0.4, -0.2) is 17.4 Å². The van der Waals surface area contributed by atoms with Gasteiger partial charge >= 0.3 is 0 Å². The molecule has 0 unspecified atom stereocenters. The van der Waals surface area contributed by atoms with Crippen LogP contribution in [-0.2, 0) is 16.6 Å². The van der Waals surface area contributed by atoms with Crippen LogP contribution in [0.4, 0.5) is 0 Å². The Hall–Kier alpha value is -3.32. The van der Waals surface area contributed by atoms with Crippen LogP contribution >= 0.6 is 0 Å². The first-order valence-corrected chi connectivity index (χ1v) is 9.44. The molecule has 0 spiro atoms. The van der Waals surface area contributed by atoms with Crippen molar-refractivity contribution in [3.05, 3.63) is 77.0 Å². The van der Waals surface area contributed by atoms with Gasteiger partial charge in [-0.05, 0) is 40.7 Å². The molecule has 0 aliphatic rings. The summed E-state index contributed by atoms with van der Waals surface area (Å²) in [6.45, 7) is 6.93. The molecule has 4 heteroatoms. The standard InChI is InChI=1S/C24H25N3O/c1-24(2,3)20-10-8-17(9-11-20)14-19(15-25)23(28)26-13-12-18-16-27-22-7-5-4-6-21(18)22/h4-11,14,16,27H,12-13H2,1-3H3,(H,26,28). The van der Waals surface area contributed by atoms with Gasteiger partial charge in [0.15, 0.2) is 0 Å². The zero-order chi connectivity index (χ0) is 20.1. The van der Waals surface area contributed by atoms with E-state index >= 15 is 0 Å². The van der Waals surface area contributed by atoms with E-state index in [1.165, 1.54) is 5.56 Å². The minimum Gasteiger partial charge on any atom is -0.361 e. The van der Waals surface area contributed by atoms with E-state index in [1.807, 2.05) is 54.7 Å². The summed E-state index contributed by atoms with van der Waals surface area (Å²) in [5.74, 6) is -0.345. The predicted octanol–water partition coefficient (Wildman–Crippen LogP) is 4.73. The van der Waals surface area contributed by atoms with Crippen LogP contribution in [0.2, 0.25) is 0 Å². The number of hydrogen-bond donors (Lipinski definition) is 2. The molecule has 0 radical (unpaired) electrons. The van der Waals surface area contributed by atoms with Gasteiger partial charge in [-0.25, -0.2) is 0 Å². The number of carbonyl (C=O) groups excluding carboxylic acids is 1. The highest BCUT2D eigenvalue weighted by Crippen LogP contribution is 2.23. The minimum atomic E-state index is -0.345. The highest BCUT2D eigenvalue weighted by atomic mass is 16.1. The smallest absolute Gasteiger partial charge is 0.261 e. The molecular weight excluding hydrogens is 346 g/mol. The molecule has 0 atom stereocenters. The average molecular weight is 371 g/mol. The van der Waals surface area contributed by atoms with E-state index in [0.717, 1.165) is 22.0 Å². The largest absolute Gasteiger partial charge is 0.361 e. The third-order valence-electron chi connectivity index (χ3n) is 4.81. The number of aromatic nitrogens is 1. The number of para-hydroxylation sites is 1. The molecule has 0 saturated carbocycles. The van der Waals surface area contributed by atoms with Gasteiger partial charge in [0.2, 0.25) is 0 Å². The monoisotopic (exact) mass is 371 g/mol. The van der Waals surface area contributed by atoms with Gasteiger partial charge in [0, 0.05) is 23.6 Å². The first-order valence-electron chi connectivity index (χ1n) is 9.44. The van der Waals surface area contributed by atoms with Crippen LogP contribution in [0.5, 0.6) is 0 Å². The lowest BCUT2D eigenvalue weighted by atomic mass is 9.86. The highest BCUT2D eigenvalue weighted by molar-refractivity contribution is 6.01. The lowest BCUT2D eigenvalue weighted by Crippen LogP contribution is -2.26. The number of aromatic amines is 1. The fourth-order valence-electron chi connectivity index (χ4n) is 3.14. The van der Waals surface area contributed by atoms with Crippen molar-refractivity contribution in [1.82, 2.24) is 10.3 Å². The Morgan fingerprint density at radius 2 is 1.86 bits per heavy atom. The van der Waals surface area contributed by atoms with Crippen LogP contribution in [0.15, 0.2) is 60.3 Å².